The summed E-state index contributed by atoms with van der Waals surface area (Å²) in [5, 5.41) is 10.7. The van der Waals surface area contributed by atoms with E-state index >= 15 is 0 Å². The molecule has 42 heavy (non-hydrogen) atoms. The van der Waals surface area contributed by atoms with Crippen LogP contribution in [0.2, 0.25) is 0 Å². The second-order valence-corrected chi connectivity index (χ2v) is 13.6. The van der Waals surface area contributed by atoms with Crippen LogP contribution in [0.3, 0.4) is 0 Å². The van der Waals surface area contributed by atoms with Gasteiger partial charge in [-0.15, -0.1) is 23.2 Å². The van der Waals surface area contributed by atoms with Crippen molar-refractivity contribution in [2.45, 2.75) is 35.4 Å². The zero-order chi connectivity index (χ0) is 30.5. The van der Waals surface area contributed by atoms with Crippen molar-refractivity contribution in [2.24, 2.45) is 17.8 Å². The number of rotatable bonds is 4. The van der Waals surface area contributed by atoms with Crippen molar-refractivity contribution in [3.8, 4) is 11.5 Å². The molecule has 6 unspecified atom stereocenters. The predicted molar refractivity (Wildman–Crippen MR) is 159 cm³/mol. The summed E-state index contributed by atoms with van der Waals surface area (Å²) in [6.45, 7) is 1.92. The summed E-state index contributed by atoms with van der Waals surface area (Å²) in [5.74, 6) is -6.24. The first kappa shape index (κ1) is 29.6. The van der Waals surface area contributed by atoms with Gasteiger partial charge >= 0.3 is 0 Å². The number of allylic oxidation sites excluding steroid dienone is 2. The molecule has 4 aliphatic rings. The summed E-state index contributed by atoms with van der Waals surface area (Å²) in [5.41, 5.74) is 1.04. The molecular formula is C29H23Br2Cl2FN2O6. The summed E-state index contributed by atoms with van der Waals surface area (Å²) in [7, 11) is 1.36. The van der Waals surface area contributed by atoms with Crippen LogP contribution >= 0.6 is 55.1 Å². The van der Waals surface area contributed by atoms with Crippen LogP contribution in [0.1, 0.15) is 31.2 Å². The Morgan fingerprint density at radius 2 is 1.71 bits per heavy atom. The van der Waals surface area contributed by atoms with Crippen molar-refractivity contribution in [3.05, 3.63) is 62.3 Å². The number of anilines is 1. The summed E-state index contributed by atoms with van der Waals surface area (Å²) >= 11 is 21.6. The normalized spacial score (nSPS) is 32.1. The number of fused-ring (bicyclic) bond motifs is 4. The summed E-state index contributed by atoms with van der Waals surface area (Å²) in [4.78, 5) is 53.3. The van der Waals surface area contributed by atoms with E-state index in [1.807, 2.05) is 6.08 Å². The molecule has 6 atom stereocenters. The third-order valence-corrected chi connectivity index (χ3v) is 12.6. The van der Waals surface area contributed by atoms with E-state index in [1.54, 1.807) is 6.92 Å². The molecule has 0 aromatic heterocycles. The Labute approximate surface area is 267 Å². The number of alkyl halides is 2. The fourth-order valence-corrected chi connectivity index (χ4v) is 8.98. The Hall–Kier alpha value is -2.47. The number of aromatic hydroxyl groups is 1. The number of phenols is 1. The molecule has 4 amide bonds. The van der Waals surface area contributed by atoms with Crippen molar-refractivity contribution >= 4 is 84.4 Å². The van der Waals surface area contributed by atoms with Crippen LogP contribution < -0.4 is 9.64 Å². The number of likely N-dealkylation sites (tertiary alicyclic amines) is 1. The third kappa shape index (κ3) is 3.69. The maximum Gasteiger partial charge on any atom is 0.258 e. The third-order valence-electron chi connectivity index (χ3n) is 9.01. The van der Waals surface area contributed by atoms with Crippen LogP contribution in [0.4, 0.5) is 10.1 Å². The molecule has 2 saturated heterocycles. The van der Waals surface area contributed by atoms with Gasteiger partial charge in [0.05, 0.1) is 29.1 Å². The number of nitrogens with zero attached hydrogens (tertiary/aromatic N) is 2. The highest BCUT2D eigenvalue weighted by Crippen LogP contribution is 2.67. The van der Waals surface area contributed by atoms with Crippen molar-refractivity contribution in [1.82, 2.24) is 4.90 Å². The Morgan fingerprint density at radius 1 is 1.05 bits per heavy atom. The SMILES string of the molecule is CCN1C(=O)C2CC=C3C(CC4(Cl)C(=O)N(c5ccc(F)cc5)C(=O)C4(Cl)C3c3cc(OC)c(O)c(Br)c3Br)C2C1=O. The minimum absolute atomic E-state index is 0.0633. The van der Waals surface area contributed by atoms with Gasteiger partial charge in [-0.3, -0.25) is 24.1 Å². The van der Waals surface area contributed by atoms with Crippen LogP contribution in [0, 0.1) is 23.6 Å². The molecule has 220 valence electrons. The van der Waals surface area contributed by atoms with Gasteiger partial charge in [0.25, 0.3) is 11.8 Å². The van der Waals surface area contributed by atoms with Crippen molar-refractivity contribution in [3.63, 3.8) is 0 Å². The molecule has 2 aliphatic heterocycles. The van der Waals surface area contributed by atoms with E-state index in [1.165, 1.54) is 30.2 Å². The lowest BCUT2D eigenvalue weighted by Gasteiger charge is -2.51. The van der Waals surface area contributed by atoms with Gasteiger partial charge < -0.3 is 9.84 Å². The zero-order valence-electron chi connectivity index (χ0n) is 22.2. The maximum absolute atomic E-state index is 14.4. The molecule has 1 saturated carbocycles. The molecule has 3 fully saturated rings. The fraction of sp³-hybridized carbons (Fsp3) is 0.379. The first-order valence-corrected chi connectivity index (χ1v) is 15.5. The summed E-state index contributed by atoms with van der Waals surface area (Å²) < 4.78 is 19.7. The lowest BCUT2D eigenvalue weighted by molar-refractivity contribution is -0.140. The molecule has 1 N–H and O–H groups in total. The highest BCUT2D eigenvalue weighted by atomic mass is 79.9. The number of carbonyl (C=O) groups excluding carboxylic acids is 4. The van der Waals surface area contributed by atoms with Crippen molar-refractivity contribution in [1.29, 1.82) is 0 Å². The second-order valence-electron chi connectivity index (χ2n) is 10.8. The predicted octanol–water partition coefficient (Wildman–Crippen LogP) is 5.65. The molecule has 0 spiro atoms. The van der Waals surface area contributed by atoms with Crippen LogP contribution in [0.25, 0.3) is 0 Å². The standard InChI is InChI=1S/C29H23Br2Cl2FN2O6/c1-3-35-24(38)15-9-8-14-17(19(15)25(35)39)11-28(32)26(40)36(13-6-4-12(34)5-7-13)27(41)29(28,33)20(14)16-10-18(42-2)23(37)22(31)21(16)30/h4-8,10,15,17,19-20,37H,3,9,11H2,1-2H3. The number of methoxy groups -OCH3 is 1. The monoisotopic (exact) mass is 742 g/mol. The highest BCUT2D eigenvalue weighted by molar-refractivity contribution is 9.13. The van der Waals surface area contributed by atoms with Crippen LogP contribution in [0.5, 0.6) is 11.5 Å². The van der Waals surface area contributed by atoms with Gasteiger partial charge in [0.1, 0.15) is 5.82 Å². The van der Waals surface area contributed by atoms with Gasteiger partial charge in [0, 0.05) is 16.9 Å². The van der Waals surface area contributed by atoms with Gasteiger partial charge in [-0.1, -0.05) is 11.6 Å². The van der Waals surface area contributed by atoms with Gasteiger partial charge in [0.15, 0.2) is 21.2 Å². The second kappa shape index (κ2) is 10.0. The molecular weight excluding hydrogens is 722 g/mol. The molecule has 13 heteroatoms. The van der Waals surface area contributed by atoms with Crippen LogP contribution in [0.15, 0.2) is 50.9 Å². The van der Waals surface area contributed by atoms with E-state index in [2.05, 4.69) is 31.9 Å². The lowest BCUT2D eigenvalue weighted by Crippen LogP contribution is -2.60. The van der Waals surface area contributed by atoms with Crippen LogP contribution in [-0.4, -0.2) is 57.0 Å². The summed E-state index contributed by atoms with van der Waals surface area (Å²) in [6, 6.07) is 6.31. The van der Waals surface area contributed by atoms with E-state index in [4.69, 9.17) is 27.9 Å². The number of benzene rings is 2. The number of hydrogen-bond donors (Lipinski definition) is 1. The van der Waals surface area contributed by atoms with Gasteiger partial charge in [-0.25, -0.2) is 9.29 Å². The molecule has 6 rings (SSSR count). The van der Waals surface area contributed by atoms with E-state index in [0.29, 0.717) is 15.6 Å². The number of ether oxygens (including phenoxy) is 1. The number of carbonyl (C=O) groups is 4. The number of phenolic OH excluding ortho intramolecular Hbond substituents is 1. The number of hydrogen-bond acceptors (Lipinski definition) is 6. The average molecular weight is 745 g/mol. The van der Waals surface area contributed by atoms with Gasteiger partial charge in [-0.2, -0.15) is 0 Å². The van der Waals surface area contributed by atoms with Gasteiger partial charge in [-0.05, 0) is 93.4 Å². The maximum atomic E-state index is 14.4. The molecule has 2 aromatic rings. The molecule has 0 radical (unpaired) electrons. The van der Waals surface area contributed by atoms with Gasteiger partial charge in [0.2, 0.25) is 11.8 Å². The number of amides is 4. The largest absolute Gasteiger partial charge is 0.503 e. The highest BCUT2D eigenvalue weighted by Gasteiger charge is 2.76. The fourth-order valence-electron chi connectivity index (χ4n) is 7.10. The van der Waals surface area contributed by atoms with Crippen LogP contribution in [-0.2, 0) is 19.2 Å². The Kier molecular flexibility index (Phi) is 7.07. The first-order chi connectivity index (χ1) is 19.8. The Bertz CT molecular complexity index is 1620. The number of imide groups is 2. The Morgan fingerprint density at radius 3 is 2.33 bits per heavy atom. The van der Waals surface area contributed by atoms with Crippen molar-refractivity contribution in [2.75, 3.05) is 18.6 Å². The lowest BCUT2D eigenvalue weighted by atomic mass is 9.56. The first-order valence-electron chi connectivity index (χ1n) is 13.2. The number of halogens is 5. The van der Waals surface area contributed by atoms with E-state index in [0.717, 1.165) is 17.0 Å². The molecule has 0 bridgehead atoms. The molecule has 2 aliphatic carbocycles. The quantitative estimate of drug-likeness (QED) is 0.247. The van der Waals surface area contributed by atoms with E-state index < -0.39 is 51.1 Å². The topological polar surface area (TPSA) is 104 Å². The zero-order valence-corrected chi connectivity index (χ0v) is 26.9. The molecule has 8 nitrogen and oxygen atoms in total. The smallest absolute Gasteiger partial charge is 0.258 e. The average Bonchev–Trinajstić information content (AvgIpc) is 3.30. The molecule has 2 heterocycles. The van der Waals surface area contributed by atoms with E-state index in [9.17, 15) is 28.7 Å². The summed E-state index contributed by atoms with van der Waals surface area (Å²) in [6.07, 6.45) is 1.86. The minimum atomic E-state index is -2.12. The van der Waals surface area contributed by atoms with Crippen molar-refractivity contribution < 1.29 is 33.4 Å². The Balaban J connectivity index is 1.62. The van der Waals surface area contributed by atoms with E-state index in [-0.39, 0.29) is 52.9 Å². The molecule has 2 aromatic carbocycles. The minimum Gasteiger partial charge on any atom is -0.503 e.